The summed E-state index contributed by atoms with van der Waals surface area (Å²) in [5, 5.41) is 0. The standard InChI is InChI=1S/C15H20BrNO2/c1-18-14-12(16)8-10(15(17)6-7-15)9-13(14)19-11-4-2-3-5-11/h8-9,11H,2-7,17H2,1H3. The van der Waals surface area contributed by atoms with Crippen LogP contribution in [0.15, 0.2) is 16.6 Å². The van der Waals surface area contributed by atoms with E-state index in [1.54, 1.807) is 7.11 Å². The van der Waals surface area contributed by atoms with Gasteiger partial charge >= 0.3 is 0 Å². The van der Waals surface area contributed by atoms with Crippen molar-refractivity contribution in [1.82, 2.24) is 0 Å². The summed E-state index contributed by atoms with van der Waals surface area (Å²) in [5.74, 6) is 1.61. The van der Waals surface area contributed by atoms with Gasteiger partial charge in [-0.3, -0.25) is 0 Å². The maximum absolute atomic E-state index is 6.29. The summed E-state index contributed by atoms with van der Waals surface area (Å²) in [6.07, 6.45) is 7.22. The molecule has 0 aliphatic heterocycles. The van der Waals surface area contributed by atoms with Crippen molar-refractivity contribution < 1.29 is 9.47 Å². The predicted octanol–water partition coefficient (Wildman–Crippen LogP) is 3.73. The summed E-state index contributed by atoms with van der Waals surface area (Å²) < 4.78 is 12.5. The Morgan fingerprint density at radius 2 is 1.95 bits per heavy atom. The fraction of sp³-hybridized carbons (Fsp3) is 0.600. The van der Waals surface area contributed by atoms with Crippen molar-refractivity contribution >= 4 is 15.9 Å². The van der Waals surface area contributed by atoms with E-state index in [1.165, 1.54) is 12.8 Å². The minimum atomic E-state index is -0.150. The third-order valence-electron chi connectivity index (χ3n) is 4.17. The summed E-state index contributed by atoms with van der Waals surface area (Å²) >= 11 is 3.57. The van der Waals surface area contributed by atoms with E-state index in [2.05, 4.69) is 28.1 Å². The molecule has 2 saturated carbocycles. The van der Waals surface area contributed by atoms with Crippen LogP contribution in [0.5, 0.6) is 11.5 Å². The van der Waals surface area contributed by atoms with Gasteiger partial charge in [-0.15, -0.1) is 0 Å². The Morgan fingerprint density at radius 1 is 1.26 bits per heavy atom. The molecule has 0 amide bonds. The monoisotopic (exact) mass is 325 g/mol. The third-order valence-corrected chi connectivity index (χ3v) is 4.76. The lowest BCUT2D eigenvalue weighted by Gasteiger charge is -2.19. The van der Waals surface area contributed by atoms with Crippen LogP contribution in [0, 0.1) is 0 Å². The van der Waals surface area contributed by atoms with Crippen molar-refractivity contribution in [2.24, 2.45) is 5.73 Å². The maximum Gasteiger partial charge on any atom is 0.174 e. The van der Waals surface area contributed by atoms with Crippen LogP contribution in [-0.4, -0.2) is 13.2 Å². The molecule has 104 valence electrons. The highest BCUT2D eigenvalue weighted by Crippen LogP contribution is 2.48. The lowest BCUT2D eigenvalue weighted by Crippen LogP contribution is -2.19. The smallest absolute Gasteiger partial charge is 0.174 e. The van der Waals surface area contributed by atoms with Crippen molar-refractivity contribution in [1.29, 1.82) is 0 Å². The second-order valence-corrected chi connectivity index (χ2v) is 6.52. The van der Waals surface area contributed by atoms with Gasteiger partial charge in [0.15, 0.2) is 11.5 Å². The van der Waals surface area contributed by atoms with Crippen LogP contribution in [-0.2, 0) is 5.54 Å². The first-order valence-corrected chi connectivity index (χ1v) is 7.75. The van der Waals surface area contributed by atoms with Gasteiger partial charge in [-0.25, -0.2) is 0 Å². The van der Waals surface area contributed by atoms with E-state index in [4.69, 9.17) is 15.2 Å². The predicted molar refractivity (Wildman–Crippen MR) is 78.7 cm³/mol. The van der Waals surface area contributed by atoms with Crippen molar-refractivity contribution in [3.8, 4) is 11.5 Å². The number of methoxy groups -OCH3 is 1. The van der Waals surface area contributed by atoms with E-state index in [0.717, 1.165) is 47.2 Å². The van der Waals surface area contributed by atoms with E-state index >= 15 is 0 Å². The zero-order valence-electron chi connectivity index (χ0n) is 11.2. The highest BCUT2D eigenvalue weighted by Gasteiger charge is 2.41. The quantitative estimate of drug-likeness (QED) is 0.917. The number of nitrogens with two attached hydrogens (primary N) is 1. The van der Waals surface area contributed by atoms with Gasteiger partial charge in [-0.05, 0) is 72.2 Å². The highest BCUT2D eigenvalue weighted by molar-refractivity contribution is 9.10. The maximum atomic E-state index is 6.29. The molecule has 0 bridgehead atoms. The molecule has 0 saturated heterocycles. The molecule has 19 heavy (non-hydrogen) atoms. The van der Waals surface area contributed by atoms with E-state index in [1.807, 2.05) is 0 Å². The van der Waals surface area contributed by atoms with Crippen LogP contribution in [0.2, 0.25) is 0 Å². The number of ether oxygens (including phenoxy) is 2. The van der Waals surface area contributed by atoms with Gasteiger partial charge in [0.2, 0.25) is 0 Å². The Kier molecular flexibility index (Phi) is 3.48. The minimum absolute atomic E-state index is 0.150. The first-order valence-electron chi connectivity index (χ1n) is 6.96. The molecular weight excluding hydrogens is 306 g/mol. The van der Waals surface area contributed by atoms with Crippen molar-refractivity contribution in [2.45, 2.75) is 50.2 Å². The van der Waals surface area contributed by atoms with Gasteiger partial charge in [0.05, 0.1) is 17.7 Å². The molecule has 3 rings (SSSR count). The molecule has 0 heterocycles. The Labute approximate surface area is 122 Å². The van der Waals surface area contributed by atoms with E-state index < -0.39 is 0 Å². The van der Waals surface area contributed by atoms with Crippen molar-refractivity contribution in [3.63, 3.8) is 0 Å². The summed E-state index contributed by atoms with van der Waals surface area (Å²) in [5.41, 5.74) is 7.28. The van der Waals surface area contributed by atoms with Crippen LogP contribution in [0.1, 0.15) is 44.1 Å². The van der Waals surface area contributed by atoms with E-state index in [-0.39, 0.29) is 5.54 Å². The van der Waals surface area contributed by atoms with Crippen LogP contribution in [0.25, 0.3) is 0 Å². The summed E-state index contributed by atoms with van der Waals surface area (Å²) in [7, 11) is 1.68. The normalized spacial score (nSPS) is 21.4. The largest absolute Gasteiger partial charge is 0.492 e. The van der Waals surface area contributed by atoms with Gasteiger partial charge in [0.25, 0.3) is 0 Å². The van der Waals surface area contributed by atoms with E-state index in [9.17, 15) is 0 Å². The van der Waals surface area contributed by atoms with Crippen LogP contribution >= 0.6 is 15.9 Å². The first-order chi connectivity index (χ1) is 9.12. The molecule has 0 unspecified atom stereocenters. The number of halogens is 1. The van der Waals surface area contributed by atoms with Gasteiger partial charge in [-0.2, -0.15) is 0 Å². The number of benzene rings is 1. The van der Waals surface area contributed by atoms with Gasteiger partial charge in [-0.1, -0.05) is 0 Å². The summed E-state index contributed by atoms with van der Waals surface area (Å²) in [6, 6.07) is 4.13. The van der Waals surface area contributed by atoms with Gasteiger partial charge in [0, 0.05) is 5.54 Å². The molecule has 2 aliphatic rings. The Balaban J connectivity index is 1.92. The average Bonchev–Trinajstić information content (AvgIpc) is 2.93. The highest BCUT2D eigenvalue weighted by atomic mass is 79.9. The van der Waals surface area contributed by atoms with Crippen LogP contribution in [0.3, 0.4) is 0 Å². The summed E-state index contributed by atoms with van der Waals surface area (Å²) in [6.45, 7) is 0. The molecule has 0 radical (unpaired) electrons. The molecule has 2 fully saturated rings. The van der Waals surface area contributed by atoms with Gasteiger partial charge in [0.1, 0.15) is 0 Å². The zero-order valence-corrected chi connectivity index (χ0v) is 12.8. The second kappa shape index (κ2) is 4.98. The van der Waals surface area contributed by atoms with Crippen molar-refractivity contribution in [3.05, 3.63) is 22.2 Å². The topological polar surface area (TPSA) is 44.5 Å². The Bertz CT molecular complexity index is 479. The molecule has 1 aromatic rings. The molecule has 4 heteroatoms. The number of hydrogen-bond donors (Lipinski definition) is 1. The van der Waals surface area contributed by atoms with Crippen LogP contribution < -0.4 is 15.2 Å². The van der Waals surface area contributed by atoms with Gasteiger partial charge < -0.3 is 15.2 Å². The molecule has 3 nitrogen and oxygen atoms in total. The second-order valence-electron chi connectivity index (χ2n) is 5.67. The molecule has 0 spiro atoms. The van der Waals surface area contributed by atoms with Crippen molar-refractivity contribution in [2.75, 3.05) is 7.11 Å². The fourth-order valence-electron chi connectivity index (χ4n) is 2.75. The lowest BCUT2D eigenvalue weighted by atomic mass is 10.1. The van der Waals surface area contributed by atoms with Crippen LogP contribution in [0.4, 0.5) is 0 Å². The third kappa shape index (κ3) is 2.61. The average molecular weight is 326 g/mol. The first kappa shape index (κ1) is 13.3. The fourth-order valence-corrected chi connectivity index (χ4v) is 3.35. The molecular formula is C15H20BrNO2. The number of hydrogen-bond acceptors (Lipinski definition) is 3. The molecule has 1 aromatic carbocycles. The van der Waals surface area contributed by atoms with E-state index in [0.29, 0.717) is 6.10 Å². The SMILES string of the molecule is COc1c(Br)cc(C2(N)CC2)cc1OC1CCCC1. The Morgan fingerprint density at radius 3 is 2.53 bits per heavy atom. The minimum Gasteiger partial charge on any atom is -0.492 e. The lowest BCUT2D eigenvalue weighted by molar-refractivity contribution is 0.200. The molecule has 2 aliphatic carbocycles. The molecule has 0 atom stereocenters. The number of rotatable bonds is 4. The zero-order chi connectivity index (χ0) is 13.5. The molecule has 2 N–H and O–H groups in total. The molecule has 0 aromatic heterocycles. The Hall–Kier alpha value is -0.740. The summed E-state index contributed by atoms with van der Waals surface area (Å²) in [4.78, 5) is 0.